The second-order valence-electron chi connectivity index (χ2n) is 4.93. The number of rotatable bonds is 5. The fourth-order valence-electron chi connectivity index (χ4n) is 1.98. The highest BCUT2D eigenvalue weighted by Crippen LogP contribution is 2.38. The van der Waals surface area contributed by atoms with Crippen LogP contribution in [0.4, 0.5) is 0 Å². The normalized spacial score (nSPS) is 22.8. The van der Waals surface area contributed by atoms with Crippen molar-refractivity contribution in [2.45, 2.75) is 31.6 Å². The smallest absolute Gasteiger partial charge is 0.186 e. The summed E-state index contributed by atoms with van der Waals surface area (Å²) in [5.41, 5.74) is 0.864. The maximum Gasteiger partial charge on any atom is 0.186 e. The van der Waals surface area contributed by atoms with Gasteiger partial charge in [-0.25, -0.2) is 8.42 Å². The summed E-state index contributed by atoms with van der Waals surface area (Å²) in [6, 6.07) is 1.60. The number of carbonyl (C=O) groups excluding carboxylic acids is 1. The topological polar surface area (TPSA) is 64.1 Å². The van der Waals surface area contributed by atoms with Crippen molar-refractivity contribution in [1.82, 2.24) is 4.98 Å². The highest BCUT2D eigenvalue weighted by molar-refractivity contribution is 7.92. The summed E-state index contributed by atoms with van der Waals surface area (Å²) >= 11 is 0. The lowest BCUT2D eigenvalue weighted by Crippen LogP contribution is -2.18. The average Bonchev–Trinajstić information content (AvgIpc) is 3.06. The van der Waals surface area contributed by atoms with Crippen LogP contribution in [-0.2, 0) is 21.1 Å². The summed E-state index contributed by atoms with van der Waals surface area (Å²) in [6.45, 7) is 3.90. The molecule has 2 rings (SSSR count). The molecule has 1 heterocycles. The van der Waals surface area contributed by atoms with Crippen LogP contribution in [0.3, 0.4) is 0 Å². The number of carbonyl (C=O) groups is 1. The van der Waals surface area contributed by atoms with Crippen molar-refractivity contribution in [3.63, 3.8) is 0 Å². The molecule has 1 aliphatic rings. The Labute approximate surface area is 107 Å². The van der Waals surface area contributed by atoms with Crippen LogP contribution in [0.1, 0.15) is 25.8 Å². The largest absolute Gasteiger partial charge is 0.298 e. The van der Waals surface area contributed by atoms with Crippen molar-refractivity contribution in [3.8, 4) is 0 Å². The van der Waals surface area contributed by atoms with E-state index in [9.17, 15) is 13.2 Å². The second-order valence-corrected chi connectivity index (χ2v) is 6.92. The summed E-state index contributed by atoms with van der Waals surface area (Å²) in [5.74, 6) is -0.268. The number of Topliss-reactive ketones (excluding diaryl/α,β-unsaturated/α-hetero) is 1. The SMILES string of the molecule is CCc1cncc(S(=O)(=O)CC(=O)C2CC2C)c1. The predicted molar refractivity (Wildman–Crippen MR) is 67.9 cm³/mol. The van der Waals surface area contributed by atoms with Gasteiger partial charge in [0.05, 0.1) is 4.90 Å². The monoisotopic (exact) mass is 267 g/mol. The number of nitrogens with zero attached hydrogens (tertiary/aromatic N) is 1. The molecule has 2 atom stereocenters. The summed E-state index contributed by atoms with van der Waals surface area (Å²) in [6.07, 6.45) is 4.51. The van der Waals surface area contributed by atoms with Gasteiger partial charge in [-0.05, 0) is 30.4 Å². The number of aryl methyl sites for hydroxylation is 1. The molecule has 0 aliphatic heterocycles. The first kappa shape index (κ1) is 13.2. The van der Waals surface area contributed by atoms with Gasteiger partial charge in [0, 0.05) is 18.3 Å². The zero-order chi connectivity index (χ0) is 13.3. The van der Waals surface area contributed by atoms with Gasteiger partial charge in [-0.2, -0.15) is 0 Å². The number of aromatic nitrogens is 1. The van der Waals surface area contributed by atoms with E-state index in [1.165, 1.54) is 6.20 Å². The zero-order valence-corrected chi connectivity index (χ0v) is 11.4. The molecule has 1 aliphatic carbocycles. The van der Waals surface area contributed by atoms with Crippen LogP contribution < -0.4 is 0 Å². The van der Waals surface area contributed by atoms with E-state index in [0.717, 1.165) is 18.4 Å². The molecular weight excluding hydrogens is 250 g/mol. The maximum atomic E-state index is 12.1. The standard InChI is InChI=1S/C13H17NO3S/c1-3-10-5-11(7-14-6-10)18(16,17)8-13(15)12-4-9(12)2/h5-7,9,12H,3-4,8H2,1-2H3. The van der Waals surface area contributed by atoms with Gasteiger partial charge in [-0.1, -0.05) is 13.8 Å². The van der Waals surface area contributed by atoms with E-state index in [4.69, 9.17) is 0 Å². The zero-order valence-electron chi connectivity index (χ0n) is 10.6. The van der Waals surface area contributed by atoms with E-state index in [0.29, 0.717) is 5.92 Å². The molecule has 1 aromatic rings. The average molecular weight is 267 g/mol. The lowest BCUT2D eigenvalue weighted by molar-refractivity contribution is -0.118. The van der Waals surface area contributed by atoms with Crippen LogP contribution in [0.5, 0.6) is 0 Å². The van der Waals surface area contributed by atoms with Crippen LogP contribution in [0.25, 0.3) is 0 Å². The minimum Gasteiger partial charge on any atom is -0.298 e. The van der Waals surface area contributed by atoms with Gasteiger partial charge in [0.15, 0.2) is 15.6 Å². The van der Waals surface area contributed by atoms with Crippen molar-refractivity contribution < 1.29 is 13.2 Å². The van der Waals surface area contributed by atoms with Gasteiger partial charge in [0.1, 0.15) is 5.75 Å². The van der Waals surface area contributed by atoms with Crippen molar-refractivity contribution in [2.24, 2.45) is 11.8 Å². The molecule has 1 saturated carbocycles. The van der Waals surface area contributed by atoms with Crippen LogP contribution >= 0.6 is 0 Å². The van der Waals surface area contributed by atoms with E-state index < -0.39 is 15.6 Å². The third-order valence-electron chi connectivity index (χ3n) is 3.39. The van der Waals surface area contributed by atoms with Gasteiger partial charge in [-0.15, -0.1) is 0 Å². The fourth-order valence-corrected chi connectivity index (χ4v) is 3.28. The number of hydrogen-bond donors (Lipinski definition) is 0. The molecule has 1 fully saturated rings. The first-order chi connectivity index (χ1) is 8.44. The van der Waals surface area contributed by atoms with Crippen LogP contribution in [0.2, 0.25) is 0 Å². The van der Waals surface area contributed by atoms with E-state index in [2.05, 4.69) is 4.98 Å². The molecule has 0 aromatic carbocycles. The van der Waals surface area contributed by atoms with Crippen LogP contribution in [0, 0.1) is 11.8 Å². The Balaban J connectivity index is 2.17. The Morgan fingerprint density at radius 3 is 2.67 bits per heavy atom. The van der Waals surface area contributed by atoms with Crippen LogP contribution in [0.15, 0.2) is 23.4 Å². The molecule has 2 unspecified atom stereocenters. The quantitative estimate of drug-likeness (QED) is 0.813. The molecule has 0 saturated heterocycles. The minimum atomic E-state index is -3.53. The van der Waals surface area contributed by atoms with E-state index in [-0.39, 0.29) is 16.6 Å². The molecule has 0 radical (unpaired) electrons. The summed E-state index contributed by atoms with van der Waals surface area (Å²) < 4.78 is 24.2. The Hall–Kier alpha value is -1.23. The number of pyridine rings is 1. The van der Waals surface area contributed by atoms with Crippen LogP contribution in [-0.4, -0.2) is 24.9 Å². The molecule has 0 spiro atoms. The number of hydrogen-bond acceptors (Lipinski definition) is 4. The van der Waals surface area contributed by atoms with Crippen molar-refractivity contribution in [1.29, 1.82) is 0 Å². The molecule has 98 valence electrons. The van der Waals surface area contributed by atoms with Gasteiger partial charge >= 0.3 is 0 Å². The Kier molecular flexibility index (Phi) is 3.52. The molecule has 0 amide bonds. The third-order valence-corrected chi connectivity index (χ3v) is 5.00. The maximum absolute atomic E-state index is 12.1. The molecule has 4 nitrogen and oxygen atoms in total. The van der Waals surface area contributed by atoms with Gasteiger partial charge in [0.2, 0.25) is 0 Å². The molecule has 5 heteroatoms. The first-order valence-electron chi connectivity index (χ1n) is 6.13. The minimum absolute atomic E-state index is 0.0536. The fraction of sp³-hybridized carbons (Fsp3) is 0.538. The van der Waals surface area contributed by atoms with E-state index in [1.54, 1.807) is 12.3 Å². The van der Waals surface area contributed by atoms with Gasteiger partial charge < -0.3 is 0 Å². The molecular formula is C13H17NO3S. The highest BCUT2D eigenvalue weighted by Gasteiger charge is 2.40. The first-order valence-corrected chi connectivity index (χ1v) is 7.78. The molecule has 1 aromatic heterocycles. The summed E-state index contributed by atoms with van der Waals surface area (Å²) in [7, 11) is -3.53. The Bertz CT molecular complexity index is 565. The summed E-state index contributed by atoms with van der Waals surface area (Å²) in [4.78, 5) is 15.8. The van der Waals surface area contributed by atoms with Crippen molar-refractivity contribution in [3.05, 3.63) is 24.0 Å². The summed E-state index contributed by atoms with van der Waals surface area (Å²) in [5, 5.41) is 0. The number of sulfone groups is 1. The highest BCUT2D eigenvalue weighted by atomic mass is 32.2. The molecule has 0 N–H and O–H groups in total. The number of ketones is 1. The third kappa shape index (κ3) is 2.77. The lowest BCUT2D eigenvalue weighted by atomic mass is 10.2. The van der Waals surface area contributed by atoms with Crippen molar-refractivity contribution in [2.75, 3.05) is 5.75 Å². The predicted octanol–water partition coefficient (Wildman–Crippen LogP) is 1.64. The second kappa shape index (κ2) is 4.80. The van der Waals surface area contributed by atoms with Crippen molar-refractivity contribution >= 4 is 15.6 Å². The van der Waals surface area contributed by atoms with Gasteiger partial charge in [-0.3, -0.25) is 9.78 Å². The molecule has 0 bridgehead atoms. The Morgan fingerprint density at radius 1 is 1.44 bits per heavy atom. The Morgan fingerprint density at radius 2 is 2.11 bits per heavy atom. The van der Waals surface area contributed by atoms with Gasteiger partial charge in [0.25, 0.3) is 0 Å². The van der Waals surface area contributed by atoms with E-state index >= 15 is 0 Å². The van der Waals surface area contributed by atoms with E-state index in [1.807, 2.05) is 13.8 Å². The molecule has 18 heavy (non-hydrogen) atoms. The lowest BCUT2D eigenvalue weighted by Gasteiger charge is -2.04.